The Balaban J connectivity index is 2.10. The lowest BCUT2D eigenvalue weighted by Gasteiger charge is -2.25. The highest BCUT2D eigenvalue weighted by Gasteiger charge is 2.20. The van der Waals surface area contributed by atoms with E-state index in [1.807, 2.05) is 50.2 Å². The van der Waals surface area contributed by atoms with Crippen LogP contribution in [0.5, 0.6) is 0 Å². The van der Waals surface area contributed by atoms with Crippen LogP contribution < -0.4 is 10.0 Å². The number of anilines is 1. The Morgan fingerprint density at radius 2 is 1.76 bits per heavy atom. The first-order valence-electron chi connectivity index (χ1n) is 9.76. The van der Waals surface area contributed by atoms with Crippen LogP contribution in [-0.2, 0) is 34.4 Å². The highest BCUT2D eigenvalue weighted by Crippen LogP contribution is 2.23. The average molecular weight is 421 g/mol. The van der Waals surface area contributed by atoms with Crippen molar-refractivity contribution in [2.24, 2.45) is 5.73 Å². The first kappa shape index (κ1) is 23.3. The number of benzene rings is 2. The first-order valence-corrected chi connectivity index (χ1v) is 11.6. The SMILES string of the molecule is CCCN(c1cc(CO)cc(COCC(C)(N)Cc2ccccc2)c1)S(C)(=O)=O. The average Bonchev–Trinajstić information content (AvgIpc) is 2.65. The van der Waals surface area contributed by atoms with E-state index in [1.54, 1.807) is 12.1 Å². The van der Waals surface area contributed by atoms with Gasteiger partial charge in [-0.2, -0.15) is 0 Å². The topological polar surface area (TPSA) is 92.9 Å². The molecule has 3 N–H and O–H groups in total. The second kappa shape index (κ2) is 10.2. The fourth-order valence-corrected chi connectivity index (χ4v) is 4.27. The summed E-state index contributed by atoms with van der Waals surface area (Å²) in [5.74, 6) is 0. The fourth-order valence-electron chi connectivity index (χ4n) is 3.27. The molecule has 2 rings (SSSR count). The number of hydrogen-bond donors (Lipinski definition) is 2. The summed E-state index contributed by atoms with van der Waals surface area (Å²) in [6.45, 7) is 4.71. The van der Waals surface area contributed by atoms with Crippen molar-refractivity contribution in [2.75, 3.05) is 23.7 Å². The zero-order chi connectivity index (χ0) is 21.5. The third-order valence-corrected chi connectivity index (χ3v) is 5.68. The molecule has 1 unspecified atom stereocenters. The van der Waals surface area contributed by atoms with Gasteiger partial charge in [0.2, 0.25) is 10.0 Å². The van der Waals surface area contributed by atoms with Gasteiger partial charge in [0.05, 0.1) is 31.8 Å². The summed E-state index contributed by atoms with van der Waals surface area (Å²) < 4.78 is 31.6. The smallest absolute Gasteiger partial charge is 0.232 e. The zero-order valence-electron chi connectivity index (χ0n) is 17.5. The maximum atomic E-state index is 12.2. The van der Waals surface area contributed by atoms with Gasteiger partial charge in [-0.15, -0.1) is 0 Å². The van der Waals surface area contributed by atoms with Gasteiger partial charge in [-0.3, -0.25) is 4.31 Å². The lowest BCUT2D eigenvalue weighted by atomic mass is 9.95. The number of nitrogens with two attached hydrogens (primary N) is 1. The Morgan fingerprint density at radius 1 is 1.10 bits per heavy atom. The molecule has 6 nitrogen and oxygen atoms in total. The number of rotatable bonds is 11. The van der Waals surface area contributed by atoms with Crippen LogP contribution >= 0.6 is 0 Å². The largest absolute Gasteiger partial charge is 0.392 e. The molecule has 1 atom stereocenters. The van der Waals surface area contributed by atoms with E-state index in [0.717, 1.165) is 11.1 Å². The van der Waals surface area contributed by atoms with Crippen LogP contribution in [0.25, 0.3) is 0 Å². The Morgan fingerprint density at radius 3 is 2.34 bits per heavy atom. The zero-order valence-corrected chi connectivity index (χ0v) is 18.3. The highest BCUT2D eigenvalue weighted by molar-refractivity contribution is 7.92. The van der Waals surface area contributed by atoms with Gasteiger partial charge in [0.25, 0.3) is 0 Å². The molecular weight excluding hydrogens is 388 g/mol. The maximum absolute atomic E-state index is 12.2. The van der Waals surface area contributed by atoms with E-state index < -0.39 is 15.6 Å². The Bertz CT molecular complexity index is 883. The van der Waals surface area contributed by atoms with Crippen molar-refractivity contribution in [3.8, 4) is 0 Å². The summed E-state index contributed by atoms with van der Waals surface area (Å²) in [6.07, 6.45) is 2.56. The lowest BCUT2D eigenvalue weighted by molar-refractivity contribution is 0.0790. The normalized spacial score (nSPS) is 13.8. The van der Waals surface area contributed by atoms with Gasteiger partial charge in [0.15, 0.2) is 0 Å². The van der Waals surface area contributed by atoms with Crippen LogP contribution in [0.2, 0.25) is 0 Å². The van der Waals surface area contributed by atoms with Crippen LogP contribution in [0.15, 0.2) is 48.5 Å². The molecule has 0 saturated carbocycles. The summed E-state index contributed by atoms with van der Waals surface area (Å²) in [7, 11) is -3.41. The summed E-state index contributed by atoms with van der Waals surface area (Å²) in [6, 6.07) is 15.3. The molecule has 0 bridgehead atoms. The van der Waals surface area contributed by atoms with Gasteiger partial charge in [-0.05, 0) is 48.6 Å². The maximum Gasteiger partial charge on any atom is 0.232 e. The number of sulfonamides is 1. The third kappa shape index (κ3) is 7.44. The lowest BCUT2D eigenvalue weighted by Crippen LogP contribution is -2.43. The third-order valence-electron chi connectivity index (χ3n) is 4.49. The van der Waals surface area contributed by atoms with Gasteiger partial charge >= 0.3 is 0 Å². The van der Waals surface area contributed by atoms with Gasteiger partial charge in [-0.25, -0.2) is 8.42 Å². The van der Waals surface area contributed by atoms with E-state index in [9.17, 15) is 13.5 Å². The molecule has 160 valence electrons. The van der Waals surface area contributed by atoms with Gasteiger partial charge < -0.3 is 15.6 Å². The van der Waals surface area contributed by atoms with Crippen molar-refractivity contribution in [2.45, 2.75) is 45.4 Å². The monoisotopic (exact) mass is 420 g/mol. The summed E-state index contributed by atoms with van der Waals surface area (Å²) in [5, 5.41) is 9.59. The van der Waals surface area contributed by atoms with Crippen molar-refractivity contribution in [3.63, 3.8) is 0 Å². The Labute approximate surface area is 174 Å². The minimum absolute atomic E-state index is 0.173. The van der Waals surface area contributed by atoms with Crippen molar-refractivity contribution in [1.82, 2.24) is 0 Å². The minimum atomic E-state index is -3.41. The first-order chi connectivity index (χ1) is 13.6. The molecule has 0 heterocycles. The summed E-state index contributed by atoms with van der Waals surface area (Å²) in [5.41, 5.74) is 8.99. The molecule has 29 heavy (non-hydrogen) atoms. The minimum Gasteiger partial charge on any atom is -0.392 e. The molecule has 0 radical (unpaired) electrons. The molecule has 0 fully saturated rings. The molecule has 0 aliphatic rings. The second-order valence-electron chi connectivity index (χ2n) is 7.81. The highest BCUT2D eigenvalue weighted by atomic mass is 32.2. The summed E-state index contributed by atoms with van der Waals surface area (Å²) >= 11 is 0. The molecule has 0 amide bonds. The predicted molar refractivity (Wildman–Crippen MR) is 117 cm³/mol. The molecule has 0 aromatic heterocycles. The molecule has 0 spiro atoms. The van der Waals surface area contributed by atoms with E-state index in [0.29, 0.717) is 37.2 Å². The number of ether oxygens (including phenoxy) is 1. The van der Waals surface area contributed by atoms with Crippen molar-refractivity contribution < 1.29 is 18.3 Å². The predicted octanol–water partition coefficient (Wildman–Crippen LogP) is 2.83. The summed E-state index contributed by atoms with van der Waals surface area (Å²) in [4.78, 5) is 0. The molecular formula is C22H32N2O4S. The quantitative estimate of drug-likeness (QED) is 0.583. The van der Waals surface area contributed by atoms with Crippen LogP contribution in [0, 0.1) is 0 Å². The van der Waals surface area contributed by atoms with E-state index in [-0.39, 0.29) is 13.2 Å². The van der Waals surface area contributed by atoms with Crippen LogP contribution in [-0.4, -0.2) is 38.5 Å². The van der Waals surface area contributed by atoms with Crippen LogP contribution in [0.3, 0.4) is 0 Å². The number of hydrogen-bond acceptors (Lipinski definition) is 5. The van der Waals surface area contributed by atoms with E-state index in [1.165, 1.54) is 10.6 Å². The Kier molecular flexibility index (Phi) is 8.22. The van der Waals surface area contributed by atoms with E-state index >= 15 is 0 Å². The van der Waals surface area contributed by atoms with Crippen LogP contribution in [0.4, 0.5) is 5.69 Å². The fraction of sp³-hybridized carbons (Fsp3) is 0.455. The number of aliphatic hydroxyl groups is 1. The number of nitrogens with zero attached hydrogens (tertiary/aromatic N) is 1. The van der Waals surface area contributed by atoms with Crippen molar-refractivity contribution >= 4 is 15.7 Å². The van der Waals surface area contributed by atoms with Gasteiger partial charge in [0.1, 0.15) is 0 Å². The van der Waals surface area contributed by atoms with E-state index in [4.69, 9.17) is 10.5 Å². The Hall–Kier alpha value is -1.93. The molecule has 7 heteroatoms. The molecule has 2 aromatic rings. The van der Waals surface area contributed by atoms with Gasteiger partial charge in [-0.1, -0.05) is 43.3 Å². The second-order valence-corrected chi connectivity index (χ2v) is 9.72. The standard InChI is InChI=1S/C22H32N2O4S/c1-4-10-24(29(3,26)27)21-12-19(15-25)11-20(13-21)16-28-17-22(2,23)14-18-8-6-5-7-9-18/h5-9,11-13,25H,4,10,14-17,23H2,1-3H3. The molecule has 0 aliphatic heterocycles. The molecule has 0 aliphatic carbocycles. The van der Waals surface area contributed by atoms with Gasteiger partial charge in [0, 0.05) is 12.1 Å². The van der Waals surface area contributed by atoms with Crippen LogP contribution in [0.1, 0.15) is 37.0 Å². The molecule has 2 aromatic carbocycles. The number of aliphatic hydroxyl groups excluding tert-OH is 1. The molecule has 0 saturated heterocycles. The van der Waals surface area contributed by atoms with Crippen molar-refractivity contribution in [1.29, 1.82) is 0 Å². The van der Waals surface area contributed by atoms with E-state index in [2.05, 4.69) is 0 Å². The van der Waals surface area contributed by atoms with Crippen molar-refractivity contribution in [3.05, 3.63) is 65.2 Å².